The first-order chi connectivity index (χ1) is 13.7. The van der Waals surface area contributed by atoms with Gasteiger partial charge in [0.1, 0.15) is 6.54 Å². The molecule has 154 valence electrons. The van der Waals surface area contributed by atoms with E-state index in [-0.39, 0.29) is 16.2 Å². The van der Waals surface area contributed by atoms with Crippen molar-refractivity contribution in [2.75, 3.05) is 13.6 Å². The van der Waals surface area contributed by atoms with Crippen LogP contribution in [0.4, 0.5) is 8.78 Å². The number of esters is 1. The van der Waals surface area contributed by atoms with Crippen LogP contribution in [0, 0.1) is 0 Å². The van der Waals surface area contributed by atoms with Gasteiger partial charge in [0.2, 0.25) is 10.0 Å². The van der Waals surface area contributed by atoms with Crippen LogP contribution in [0.5, 0.6) is 0 Å². The molecule has 3 aromatic rings. The van der Waals surface area contributed by atoms with Crippen molar-refractivity contribution in [2.45, 2.75) is 24.5 Å². The van der Waals surface area contributed by atoms with Crippen molar-refractivity contribution in [3.8, 4) is 0 Å². The highest BCUT2D eigenvalue weighted by Gasteiger charge is 2.27. The Morgan fingerprint density at radius 3 is 2.41 bits per heavy atom. The number of benzene rings is 2. The number of rotatable bonds is 7. The fourth-order valence-corrected chi connectivity index (χ4v) is 4.02. The van der Waals surface area contributed by atoms with E-state index in [2.05, 4.69) is 4.98 Å². The first kappa shape index (κ1) is 20.9. The number of ether oxygens (including phenoxy) is 1. The highest BCUT2D eigenvalue weighted by molar-refractivity contribution is 7.89. The summed E-state index contributed by atoms with van der Waals surface area (Å²) in [6.45, 7) is -2.04. The van der Waals surface area contributed by atoms with Gasteiger partial charge in [0.05, 0.1) is 15.9 Å². The van der Waals surface area contributed by atoms with E-state index < -0.39 is 35.2 Å². The number of para-hydroxylation sites is 2. The van der Waals surface area contributed by atoms with Gasteiger partial charge in [0, 0.05) is 7.05 Å². The lowest BCUT2D eigenvalue weighted by Crippen LogP contribution is -2.33. The predicted octanol–water partition coefficient (Wildman–Crippen LogP) is 3.36. The number of sulfonamides is 1. The SMILES string of the molecule is CC(OC(=O)CN(C)S(=O)(=O)c1ccccc1)c1nc2ccccc2n1C(F)F. The predicted molar refractivity (Wildman–Crippen MR) is 102 cm³/mol. The number of likely N-dealkylation sites (N-methyl/N-ethyl adjacent to an activating group) is 1. The Morgan fingerprint density at radius 1 is 1.14 bits per heavy atom. The third-order valence-corrected chi connectivity index (χ3v) is 6.11. The minimum atomic E-state index is -3.88. The first-order valence-corrected chi connectivity index (χ1v) is 10.1. The quantitative estimate of drug-likeness (QED) is 0.545. The van der Waals surface area contributed by atoms with Gasteiger partial charge < -0.3 is 4.74 Å². The minimum Gasteiger partial charge on any atom is -0.454 e. The van der Waals surface area contributed by atoms with E-state index in [4.69, 9.17) is 4.74 Å². The van der Waals surface area contributed by atoms with Gasteiger partial charge in [0.15, 0.2) is 11.9 Å². The summed E-state index contributed by atoms with van der Waals surface area (Å²) in [5, 5.41) is 0. The number of hydrogen-bond donors (Lipinski definition) is 0. The number of alkyl halides is 2. The van der Waals surface area contributed by atoms with Crippen LogP contribution < -0.4 is 0 Å². The van der Waals surface area contributed by atoms with Gasteiger partial charge in [0.25, 0.3) is 0 Å². The average molecular weight is 423 g/mol. The molecule has 0 spiro atoms. The van der Waals surface area contributed by atoms with Crippen LogP contribution in [0.3, 0.4) is 0 Å². The molecule has 0 saturated carbocycles. The summed E-state index contributed by atoms with van der Waals surface area (Å²) in [6, 6.07) is 14.0. The molecule has 0 amide bonds. The Hall–Kier alpha value is -2.85. The van der Waals surface area contributed by atoms with E-state index >= 15 is 0 Å². The summed E-state index contributed by atoms with van der Waals surface area (Å²) in [4.78, 5) is 16.4. The van der Waals surface area contributed by atoms with Crippen LogP contribution in [-0.2, 0) is 19.6 Å². The number of aromatic nitrogens is 2. The van der Waals surface area contributed by atoms with Crippen LogP contribution in [0.25, 0.3) is 11.0 Å². The lowest BCUT2D eigenvalue weighted by Gasteiger charge is -2.19. The second kappa shape index (κ2) is 8.26. The smallest absolute Gasteiger partial charge is 0.321 e. The molecule has 0 saturated heterocycles. The fraction of sp³-hybridized carbons (Fsp3) is 0.263. The highest BCUT2D eigenvalue weighted by atomic mass is 32.2. The van der Waals surface area contributed by atoms with E-state index in [1.807, 2.05) is 0 Å². The Labute approximate surface area is 166 Å². The second-order valence-electron chi connectivity index (χ2n) is 6.31. The first-order valence-electron chi connectivity index (χ1n) is 8.67. The Bertz CT molecular complexity index is 1120. The Morgan fingerprint density at radius 2 is 1.76 bits per heavy atom. The van der Waals surface area contributed by atoms with Gasteiger partial charge in [-0.05, 0) is 31.2 Å². The van der Waals surface area contributed by atoms with Crippen molar-refractivity contribution in [3.05, 3.63) is 60.4 Å². The molecule has 0 radical (unpaired) electrons. The fourth-order valence-electron chi connectivity index (χ4n) is 2.88. The molecular weight excluding hydrogens is 404 g/mol. The number of fused-ring (bicyclic) bond motifs is 1. The molecule has 1 atom stereocenters. The van der Waals surface area contributed by atoms with Gasteiger partial charge >= 0.3 is 12.5 Å². The number of hydrogen-bond acceptors (Lipinski definition) is 5. The summed E-state index contributed by atoms with van der Waals surface area (Å²) in [5.41, 5.74) is 0.554. The van der Waals surface area contributed by atoms with Crippen molar-refractivity contribution in [1.82, 2.24) is 13.9 Å². The number of carbonyl (C=O) groups excluding carboxylic acids is 1. The van der Waals surface area contributed by atoms with E-state index in [9.17, 15) is 22.0 Å². The maximum Gasteiger partial charge on any atom is 0.321 e. The van der Waals surface area contributed by atoms with Crippen LogP contribution in [-0.4, -0.2) is 41.8 Å². The second-order valence-corrected chi connectivity index (χ2v) is 8.36. The molecule has 1 aromatic heterocycles. The summed E-state index contributed by atoms with van der Waals surface area (Å²) in [6.07, 6.45) is -1.10. The molecule has 0 aliphatic rings. The molecule has 0 bridgehead atoms. The third-order valence-electron chi connectivity index (χ3n) is 4.29. The summed E-state index contributed by atoms with van der Waals surface area (Å²) >= 11 is 0. The average Bonchev–Trinajstić information content (AvgIpc) is 3.08. The normalized spacial score (nSPS) is 13.2. The van der Waals surface area contributed by atoms with Crippen LogP contribution in [0.15, 0.2) is 59.5 Å². The third kappa shape index (κ3) is 4.28. The minimum absolute atomic E-state index is 0.0304. The molecule has 3 rings (SSSR count). The summed E-state index contributed by atoms with van der Waals surface area (Å²) in [7, 11) is -2.65. The van der Waals surface area contributed by atoms with Crippen molar-refractivity contribution < 1.29 is 26.7 Å². The largest absolute Gasteiger partial charge is 0.454 e. The lowest BCUT2D eigenvalue weighted by molar-refractivity contribution is -0.149. The van der Waals surface area contributed by atoms with Gasteiger partial charge in [-0.25, -0.2) is 13.4 Å². The van der Waals surface area contributed by atoms with Gasteiger partial charge in [-0.3, -0.25) is 9.36 Å². The summed E-state index contributed by atoms with van der Waals surface area (Å²) < 4.78 is 58.8. The van der Waals surface area contributed by atoms with Crippen molar-refractivity contribution >= 4 is 27.0 Å². The molecule has 29 heavy (non-hydrogen) atoms. The maximum atomic E-state index is 13.5. The molecule has 0 fully saturated rings. The molecule has 1 unspecified atom stereocenters. The van der Waals surface area contributed by atoms with E-state index in [1.165, 1.54) is 32.2 Å². The number of imidazole rings is 1. The Kier molecular flexibility index (Phi) is 5.94. The van der Waals surface area contributed by atoms with E-state index in [0.717, 1.165) is 4.31 Å². The number of carbonyl (C=O) groups is 1. The highest BCUT2D eigenvalue weighted by Crippen LogP contribution is 2.28. The molecule has 0 aliphatic carbocycles. The standard InChI is InChI=1S/C19H19F2N3O4S/c1-13(18-22-15-10-6-7-11-16(15)24(18)19(20)21)28-17(25)12-23(2)29(26,27)14-8-4-3-5-9-14/h3-11,13,19H,12H2,1-2H3. The van der Waals surface area contributed by atoms with Crippen LogP contribution in [0.1, 0.15) is 25.4 Å². The molecule has 7 nitrogen and oxygen atoms in total. The monoisotopic (exact) mass is 423 g/mol. The topological polar surface area (TPSA) is 81.5 Å². The van der Waals surface area contributed by atoms with Gasteiger partial charge in [-0.2, -0.15) is 13.1 Å². The maximum absolute atomic E-state index is 13.5. The van der Waals surface area contributed by atoms with Crippen molar-refractivity contribution in [2.24, 2.45) is 0 Å². The van der Waals surface area contributed by atoms with E-state index in [0.29, 0.717) is 10.1 Å². The molecule has 0 aliphatic heterocycles. The Balaban J connectivity index is 1.76. The molecular formula is C19H19F2N3O4S. The van der Waals surface area contributed by atoms with Gasteiger partial charge in [-0.15, -0.1) is 0 Å². The zero-order chi connectivity index (χ0) is 21.2. The summed E-state index contributed by atoms with van der Waals surface area (Å²) in [5.74, 6) is -1.00. The lowest BCUT2D eigenvalue weighted by atomic mass is 10.3. The zero-order valence-electron chi connectivity index (χ0n) is 15.7. The van der Waals surface area contributed by atoms with E-state index in [1.54, 1.807) is 36.4 Å². The molecule has 0 N–H and O–H groups in total. The van der Waals surface area contributed by atoms with Crippen LogP contribution >= 0.6 is 0 Å². The number of nitrogens with zero attached hydrogens (tertiary/aromatic N) is 3. The van der Waals surface area contributed by atoms with Gasteiger partial charge in [-0.1, -0.05) is 30.3 Å². The van der Waals surface area contributed by atoms with Crippen molar-refractivity contribution in [3.63, 3.8) is 0 Å². The zero-order valence-corrected chi connectivity index (χ0v) is 16.5. The molecule has 1 heterocycles. The van der Waals surface area contributed by atoms with Crippen LogP contribution in [0.2, 0.25) is 0 Å². The number of halogens is 2. The van der Waals surface area contributed by atoms with Crippen molar-refractivity contribution in [1.29, 1.82) is 0 Å². The molecule has 10 heteroatoms. The molecule has 2 aromatic carbocycles.